The molecule has 0 aliphatic carbocycles. The number of anilines is 1. The van der Waals surface area contributed by atoms with Crippen LogP contribution in [0.2, 0.25) is 0 Å². The van der Waals surface area contributed by atoms with E-state index < -0.39 is 0 Å². The average Bonchev–Trinajstić information content (AvgIpc) is 3.08. The number of hydrogen-bond acceptors (Lipinski definition) is 5. The van der Waals surface area contributed by atoms with Crippen LogP contribution in [0, 0.1) is 0 Å². The molecular weight excluding hydrogens is 326 g/mol. The largest absolute Gasteiger partial charge is 0.482 e. The summed E-state index contributed by atoms with van der Waals surface area (Å²) in [5.41, 5.74) is 2.28. The molecular formula is C17H19N3O3S. The maximum atomic E-state index is 12.4. The Balaban J connectivity index is 1.68. The molecule has 0 saturated heterocycles. The van der Waals surface area contributed by atoms with Crippen molar-refractivity contribution in [3.63, 3.8) is 0 Å². The van der Waals surface area contributed by atoms with Crippen molar-refractivity contribution in [3.8, 4) is 5.75 Å². The number of thiophene rings is 1. The average molecular weight is 345 g/mol. The van der Waals surface area contributed by atoms with Gasteiger partial charge in [0.2, 0.25) is 0 Å². The third-order valence-electron chi connectivity index (χ3n) is 3.88. The zero-order valence-electron chi connectivity index (χ0n) is 13.5. The summed E-state index contributed by atoms with van der Waals surface area (Å²) in [7, 11) is 3.98. The number of hydrogen-bond donors (Lipinski definition) is 2. The predicted molar refractivity (Wildman–Crippen MR) is 93.6 cm³/mol. The minimum absolute atomic E-state index is 0.0288. The molecule has 1 unspecified atom stereocenters. The second-order valence-electron chi connectivity index (χ2n) is 5.79. The van der Waals surface area contributed by atoms with E-state index in [0.29, 0.717) is 23.5 Å². The van der Waals surface area contributed by atoms with Gasteiger partial charge in [0.25, 0.3) is 11.8 Å². The molecule has 1 aliphatic heterocycles. The molecule has 0 spiro atoms. The lowest BCUT2D eigenvalue weighted by Gasteiger charge is -2.24. The van der Waals surface area contributed by atoms with Crippen LogP contribution in [0.25, 0.3) is 0 Å². The van der Waals surface area contributed by atoms with E-state index >= 15 is 0 Å². The second kappa shape index (κ2) is 7.02. The number of rotatable bonds is 5. The molecule has 0 bridgehead atoms. The van der Waals surface area contributed by atoms with Crippen LogP contribution in [0.3, 0.4) is 0 Å². The smallest absolute Gasteiger partial charge is 0.262 e. The van der Waals surface area contributed by atoms with Gasteiger partial charge in [-0.05, 0) is 54.7 Å². The number of carbonyl (C=O) groups excluding carboxylic acids is 2. The van der Waals surface area contributed by atoms with Gasteiger partial charge in [-0.2, -0.15) is 11.3 Å². The summed E-state index contributed by atoms with van der Waals surface area (Å²) in [5.74, 6) is 0.161. The number of benzene rings is 1. The van der Waals surface area contributed by atoms with E-state index in [1.807, 2.05) is 19.5 Å². The topological polar surface area (TPSA) is 70.7 Å². The quantitative estimate of drug-likeness (QED) is 0.871. The van der Waals surface area contributed by atoms with Gasteiger partial charge < -0.3 is 20.3 Å². The fourth-order valence-corrected chi connectivity index (χ4v) is 3.28. The predicted octanol–water partition coefficient (Wildman–Crippen LogP) is 2.11. The standard InChI is InChI=1S/C17H19N3O3S/c1-20(2)14(12-5-6-24-10-12)8-18-17(22)11-3-4-13-15(7-11)23-9-16(21)19-13/h3-7,10,14H,8-9H2,1-2H3,(H,18,22)(H,19,21). The van der Waals surface area contributed by atoms with Crippen molar-refractivity contribution >= 4 is 28.8 Å². The van der Waals surface area contributed by atoms with Crippen LogP contribution in [0.5, 0.6) is 5.75 Å². The Kier molecular flexibility index (Phi) is 4.82. The van der Waals surface area contributed by atoms with Crippen molar-refractivity contribution in [1.82, 2.24) is 10.2 Å². The summed E-state index contributed by atoms with van der Waals surface area (Å²) in [5, 5.41) is 9.79. The first kappa shape index (κ1) is 16.5. The molecule has 3 rings (SSSR count). The summed E-state index contributed by atoms with van der Waals surface area (Å²) in [6.45, 7) is 0.482. The van der Waals surface area contributed by atoms with Crippen molar-refractivity contribution in [1.29, 1.82) is 0 Å². The van der Waals surface area contributed by atoms with E-state index in [2.05, 4.69) is 27.0 Å². The summed E-state index contributed by atoms with van der Waals surface area (Å²) < 4.78 is 5.35. The van der Waals surface area contributed by atoms with Crippen molar-refractivity contribution in [2.75, 3.05) is 32.6 Å². The van der Waals surface area contributed by atoms with Crippen LogP contribution in [-0.2, 0) is 4.79 Å². The molecule has 0 radical (unpaired) electrons. The normalized spacial score (nSPS) is 14.5. The van der Waals surface area contributed by atoms with Gasteiger partial charge in [-0.3, -0.25) is 9.59 Å². The lowest BCUT2D eigenvalue weighted by atomic mass is 10.1. The molecule has 24 heavy (non-hydrogen) atoms. The fraction of sp³-hybridized carbons (Fsp3) is 0.294. The third-order valence-corrected chi connectivity index (χ3v) is 4.59. The van der Waals surface area contributed by atoms with Gasteiger partial charge in [0.15, 0.2) is 6.61 Å². The highest BCUT2D eigenvalue weighted by Crippen LogP contribution is 2.28. The van der Waals surface area contributed by atoms with Crippen molar-refractivity contribution in [2.45, 2.75) is 6.04 Å². The summed E-state index contributed by atoms with van der Waals surface area (Å²) in [6.07, 6.45) is 0. The van der Waals surface area contributed by atoms with Crippen molar-refractivity contribution < 1.29 is 14.3 Å². The molecule has 1 aromatic carbocycles. The molecule has 2 heterocycles. The Morgan fingerprint density at radius 3 is 2.96 bits per heavy atom. The lowest BCUT2D eigenvalue weighted by Crippen LogP contribution is -2.34. The molecule has 0 fully saturated rings. The third kappa shape index (κ3) is 3.58. The molecule has 7 heteroatoms. The Hall–Kier alpha value is -2.38. The van der Waals surface area contributed by atoms with Gasteiger partial charge in [0.05, 0.1) is 11.7 Å². The summed E-state index contributed by atoms with van der Waals surface area (Å²) in [4.78, 5) is 25.8. The SMILES string of the molecule is CN(C)C(CNC(=O)c1ccc2c(c1)OCC(=O)N2)c1ccsc1. The first-order valence-electron chi connectivity index (χ1n) is 7.58. The van der Waals surface area contributed by atoms with E-state index in [9.17, 15) is 9.59 Å². The number of fused-ring (bicyclic) bond motifs is 1. The van der Waals surface area contributed by atoms with Crippen LogP contribution in [0.4, 0.5) is 5.69 Å². The number of amides is 2. The molecule has 126 valence electrons. The highest BCUT2D eigenvalue weighted by Gasteiger charge is 2.19. The molecule has 1 aliphatic rings. The number of likely N-dealkylation sites (N-methyl/N-ethyl adjacent to an activating group) is 1. The molecule has 2 amide bonds. The Bertz CT molecular complexity index is 744. The Morgan fingerprint density at radius 1 is 1.42 bits per heavy atom. The highest BCUT2D eigenvalue weighted by molar-refractivity contribution is 7.07. The zero-order chi connectivity index (χ0) is 17.1. The van der Waals surface area contributed by atoms with Gasteiger partial charge in [0, 0.05) is 12.1 Å². The van der Waals surface area contributed by atoms with Gasteiger partial charge in [-0.25, -0.2) is 0 Å². The van der Waals surface area contributed by atoms with Crippen molar-refractivity contribution in [2.24, 2.45) is 0 Å². The first-order chi connectivity index (χ1) is 11.5. The Morgan fingerprint density at radius 2 is 2.25 bits per heavy atom. The van der Waals surface area contributed by atoms with Gasteiger partial charge >= 0.3 is 0 Å². The van der Waals surface area contributed by atoms with Crippen LogP contribution in [0.1, 0.15) is 22.0 Å². The van der Waals surface area contributed by atoms with E-state index in [-0.39, 0.29) is 24.5 Å². The van der Waals surface area contributed by atoms with Crippen LogP contribution in [-0.4, -0.2) is 44.0 Å². The molecule has 1 aromatic heterocycles. The van der Waals surface area contributed by atoms with Crippen LogP contribution in [0.15, 0.2) is 35.0 Å². The summed E-state index contributed by atoms with van der Waals surface area (Å²) >= 11 is 1.64. The van der Waals surface area contributed by atoms with E-state index in [4.69, 9.17) is 4.74 Å². The first-order valence-corrected chi connectivity index (χ1v) is 8.52. The number of carbonyl (C=O) groups is 2. The van der Waals surface area contributed by atoms with E-state index in [1.165, 1.54) is 5.56 Å². The highest BCUT2D eigenvalue weighted by atomic mass is 32.1. The monoisotopic (exact) mass is 345 g/mol. The molecule has 2 N–H and O–H groups in total. The summed E-state index contributed by atoms with van der Waals surface area (Å²) in [6, 6.07) is 7.20. The van der Waals surface area contributed by atoms with Gasteiger partial charge in [-0.1, -0.05) is 0 Å². The van der Waals surface area contributed by atoms with Crippen LogP contribution >= 0.6 is 11.3 Å². The molecule has 2 aromatic rings. The Labute approximate surface area is 144 Å². The van der Waals surface area contributed by atoms with Gasteiger partial charge in [0.1, 0.15) is 5.75 Å². The van der Waals surface area contributed by atoms with Gasteiger partial charge in [-0.15, -0.1) is 0 Å². The number of nitrogens with zero attached hydrogens (tertiary/aromatic N) is 1. The minimum atomic E-state index is -0.190. The number of ether oxygens (including phenoxy) is 1. The molecule has 6 nitrogen and oxygen atoms in total. The maximum Gasteiger partial charge on any atom is 0.262 e. The molecule has 0 saturated carbocycles. The van der Waals surface area contributed by atoms with Crippen LogP contribution < -0.4 is 15.4 Å². The minimum Gasteiger partial charge on any atom is -0.482 e. The number of nitrogens with one attached hydrogen (secondary N) is 2. The van der Waals surface area contributed by atoms with Crippen molar-refractivity contribution in [3.05, 3.63) is 46.2 Å². The molecule has 1 atom stereocenters. The lowest BCUT2D eigenvalue weighted by molar-refractivity contribution is -0.118. The fourth-order valence-electron chi connectivity index (χ4n) is 2.57. The maximum absolute atomic E-state index is 12.4. The van der Waals surface area contributed by atoms with E-state index in [0.717, 1.165) is 0 Å². The second-order valence-corrected chi connectivity index (χ2v) is 6.57. The van der Waals surface area contributed by atoms with E-state index in [1.54, 1.807) is 29.5 Å². The zero-order valence-corrected chi connectivity index (χ0v) is 14.4.